The molecule has 0 saturated heterocycles. The minimum atomic E-state index is 0.724. The average Bonchev–Trinajstić information content (AvgIpc) is 3.04. The first-order valence-electron chi connectivity index (χ1n) is 7.32. The highest BCUT2D eigenvalue weighted by Crippen LogP contribution is 2.12. The minimum absolute atomic E-state index is 0.724. The normalized spacial score (nSPS) is 10.2. The molecule has 1 heterocycles. The number of nitrogens with zero attached hydrogens (tertiary/aromatic N) is 1. The summed E-state index contributed by atoms with van der Waals surface area (Å²) in [6.45, 7) is 8.16. The largest absolute Gasteiger partial charge is 0.492 e. The highest BCUT2D eigenvalue weighted by Gasteiger charge is 1.99. The molecule has 0 unspecified atom stereocenters. The summed E-state index contributed by atoms with van der Waals surface area (Å²) in [7, 11) is 0. The Morgan fingerprint density at radius 2 is 1.81 bits per heavy atom. The Hall–Kier alpha value is -1.76. The topological polar surface area (TPSA) is 12.5 Å². The molecule has 2 aromatic rings. The van der Waals surface area contributed by atoms with Gasteiger partial charge in [0.15, 0.2) is 0 Å². The fourth-order valence-corrected chi connectivity index (χ4v) is 2.52. The molecule has 0 bridgehead atoms. The summed E-state index contributed by atoms with van der Waals surface area (Å²) in [5, 5.41) is 2.04. The molecular weight excluding hydrogens is 278 g/mol. The van der Waals surface area contributed by atoms with E-state index in [1.165, 1.54) is 0 Å². The number of hydrogen-bond donors (Lipinski definition) is 0. The van der Waals surface area contributed by atoms with Gasteiger partial charge in [0.25, 0.3) is 0 Å². The van der Waals surface area contributed by atoms with Gasteiger partial charge in [-0.1, -0.05) is 31.8 Å². The Labute approximate surface area is 131 Å². The smallest absolute Gasteiger partial charge is 0.119 e. The van der Waals surface area contributed by atoms with Gasteiger partial charge in [-0.3, -0.25) is 0 Å². The first-order valence-corrected chi connectivity index (χ1v) is 8.20. The van der Waals surface area contributed by atoms with Gasteiger partial charge in [-0.05, 0) is 48.8 Å². The van der Waals surface area contributed by atoms with Crippen LogP contribution in [-0.2, 0) is 0 Å². The van der Waals surface area contributed by atoms with E-state index in [0.29, 0.717) is 0 Å². The second-order valence-electron chi connectivity index (χ2n) is 4.63. The molecule has 21 heavy (non-hydrogen) atoms. The number of rotatable bonds is 6. The van der Waals surface area contributed by atoms with Gasteiger partial charge in [0.1, 0.15) is 12.4 Å². The molecule has 0 aliphatic rings. The zero-order valence-electron chi connectivity index (χ0n) is 12.6. The van der Waals surface area contributed by atoms with Crippen molar-refractivity contribution in [3.8, 4) is 17.6 Å². The van der Waals surface area contributed by atoms with Gasteiger partial charge in [0.2, 0.25) is 0 Å². The van der Waals surface area contributed by atoms with Crippen LogP contribution in [0.4, 0.5) is 0 Å². The zero-order valence-corrected chi connectivity index (χ0v) is 13.5. The highest BCUT2D eigenvalue weighted by atomic mass is 32.1. The lowest BCUT2D eigenvalue weighted by atomic mass is 10.2. The predicted octanol–water partition coefficient (Wildman–Crippen LogP) is 3.87. The Morgan fingerprint density at radius 1 is 1.05 bits per heavy atom. The molecule has 110 valence electrons. The molecule has 0 fully saturated rings. The summed E-state index contributed by atoms with van der Waals surface area (Å²) < 4.78 is 5.76. The lowest BCUT2D eigenvalue weighted by Crippen LogP contribution is -2.27. The second kappa shape index (κ2) is 8.51. The van der Waals surface area contributed by atoms with E-state index in [-0.39, 0.29) is 0 Å². The molecule has 0 N–H and O–H groups in total. The molecule has 0 atom stereocenters. The van der Waals surface area contributed by atoms with Crippen molar-refractivity contribution in [1.29, 1.82) is 0 Å². The van der Waals surface area contributed by atoms with Gasteiger partial charge in [-0.2, -0.15) is 0 Å². The second-order valence-corrected chi connectivity index (χ2v) is 5.57. The van der Waals surface area contributed by atoms with E-state index in [4.69, 9.17) is 4.74 Å². The van der Waals surface area contributed by atoms with Crippen molar-refractivity contribution in [2.45, 2.75) is 13.8 Å². The van der Waals surface area contributed by atoms with Gasteiger partial charge in [0, 0.05) is 12.1 Å². The Balaban J connectivity index is 1.84. The van der Waals surface area contributed by atoms with Crippen LogP contribution in [0.1, 0.15) is 24.3 Å². The van der Waals surface area contributed by atoms with Crippen LogP contribution in [0.5, 0.6) is 5.75 Å². The standard InChI is InChI=1S/C18H21NOS/c1-3-19(4-2)13-14-20-17-10-7-16(8-11-17)9-12-18-6-5-15-21-18/h5-8,10-11,15H,3-4,13-14H2,1-2H3. The Kier molecular flexibility index (Phi) is 6.33. The van der Waals surface area contributed by atoms with Crippen molar-refractivity contribution in [3.05, 3.63) is 52.2 Å². The monoisotopic (exact) mass is 299 g/mol. The van der Waals surface area contributed by atoms with Crippen molar-refractivity contribution < 1.29 is 4.74 Å². The molecule has 0 aliphatic carbocycles. The van der Waals surface area contributed by atoms with E-state index in [1.54, 1.807) is 11.3 Å². The number of likely N-dealkylation sites (N-methyl/N-ethyl adjacent to an activating group) is 1. The maximum Gasteiger partial charge on any atom is 0.119 e. The molecule has 2 nitrogen and oxygen atoms in total. The van der Waals surface area contributed by atoms with E-state index in [1.807, 2.05) is 41.8 Å². The van der Waals surface area contributed by atoms with Crippen molar-refractivity contribution in [1.82, 2.24) is 4.90 Å². The predicted molar refractivity (Wildman–Crippen MR) is 90.0 cm³/mol. The fourth-order valence-electron chi connectivity index (χ4n) is 1.95. The maximum atomic E-state index is 5.76. The van der Waals surface area contributed by atoms with Crippen molar-refractivity contribution >= 4 is 11.3 Å². The molecular formula is C18H21NOS. The minimum Gasteiger partial charge on any atom is -0.492 e. The fraction of sp³-hybridized carbons (Fsp3) is 0.333. The van der Waals surface area contributed by atoms with Gasteiger partial charge in [0.05, 0.1) is 4.88 Å². The Morgan fingerprint density at radius 3 is 2.43 bits per heavy atom. The van der Waals surface area contributed by atoms with Gasteiger partial charge >= 0.3 is 0 Å². The average molecular weight is 299 g/mol. The zero-order chi connectivity index (χ0) is 14.9. The van der Waals surface area contributed by atoms with Crippen LogP contribution in [0.15, 0.2) is 41.8 Å². The van der Waals surface area contributed by atoms with Crippen LogP contribution in [0.3, 0.4) is 0 Å². The van der Waals surface area contributed by atoms with Crippen LogP contribution < -0.4 is 4.74 Å². The van der Waals surface area contributed by atoms with E-state index >= 15 is 0 Å². The Bertz CT molecular complexity index is 574. The molecule has 0 amide bonds. The molecule has 0 saturated carbocycles. The number of ether oxygens (including phenoxy) is 1. The maximum absolute atomic E-state index is 5.76. The lowest BCUT2D eigenvalue weighted by molar-refractivity contribution is 0.223. The van der Waals surface area contributed by atoms with Crippen LogP contribution in [0.2, 0.25) is 0 Å². The third-order valence-electron chi connectivity index (χ3n) is 3.28. The van der Waals surface area contributed by atoms with Crippen LogP contribution >= 0.6 is 11.3 Å². The molecule has 1 aromatic carbocycles. The van der Waals surface area contributed by atoms with Gasteiger partial charge in [-0.15, -0.1) is 11.3 Å². The molecule has 3 heteroatoms. The van der Waals surface area contributed by atoms with Crippen LogP contribution in [0, 0.1) is 11.8 Å². The van der Waals surface area contributed by atoms with Crippen LogP contribution in [-0.4, -0.2) is 31.1 Å². The summed E-state index contributed by atoms with van der Waals surface area (Å²) in [4.78, 5) is 3.44. The number of thiophene rings is 1. The molecule has 0 radical (unpaired) electrons. The van der Waals surface area contributed by atoms with E-state index in [2.05, 4.69) is 30.6 Å². The molecule has 0 spiro atoms. The third kappa shape index (κ3) is 5.26. The van der Waals surface area contributed by atoms with Gasteiger partial charge in [-0.25, -0.2) is 0 Å². The van der Waals surface area contributed by atoms with Crippen molar-refractivity contribution in [2.75, 3.05) is 26.2 Å². The lowest BCUT2D eigenvalue weighted by Gasteiger charge is -2.17. The summed E-state index contributed by atoms with van der Waals surface area (Å²) in [5.41, 5.74) is 1.01. The third-order valence-corrected chi connectivity index (χ3v) is 4.06. The van der Waals surface area contributed by atoms with Gasteiger partial charge < -0.3 is 9.64 Å². The summed E-state index contributed by atoms with van der Waals surface area (Å²) in [6, 6.07) is 12.0. The summed E-state index contributed by atoms with van der Waals surface area (Å²) in [6.07, 6.45) is 0. The number of benzene rings is 1. The molecule has 2 rings (SSSR count). The highest BCUT2D eigenvalue weighted by molar-refractivity contribution is 7.10. The van der Waals surface area contributed by atoms with E-state index in [9.17, 15) is 0 Å². The first kappa shape index (κ1) is 15.6. The van der Waals surface area contributed by atoms with E-state index < -0.39 is 0 Å². The SMILES string of the molecule is CCN(CC)CCOc1ccc(C#Cc2cccs2)cc1. The van der Waals surface area contributed by atoms with Crippen molar-refractivity contribution in [3.63, 3.8) is 0 Å². The summed E-state index contributed by atoms with van der Waals surface area (Å²) in [5.74, 6) is 7.22. The van der Waals surface area contributed by atoms with Crippen molar-refractivity contribution in [2.24, 2.45) is 0 Å². The first-order chi connectivity index (χ1) is 10.3. The number of hydrogen-bond acceptors (Lipinski definition) is 3. The van der Waals surface area contributed by atoms with Crippen LogP contribution in [0.25, 0.3) is 0 Å². The van der Waals surface area contributed by atoms with E-state index in [0.717, 1.165) is 42.4 Å². The molecule has 1 aromatic heterocycles. The quantitative estimate of drug-likeness (QED) is 0.751. The molecule has 0 aliphatic heterocycles. The summed E-state index contributed by atoms with van der Waals surface area (Å²) >= 11 is 1.66.